The van der Waals surface area contributed by atoms with Gasteiger partial charge in [0.2, 0.25) is 0 Å². The number of anilines is 1. The molecule has 4 aromatic rings. The molecule has 0 aromatic heterocycles. The van der Waals surface area contributed by atoms with Crippen LogP contribution in [0, 0.1) is 12.3 Å². The van der Waals surface area contributed by atoms with E-state index in [4.69, 9.17) is 9.47 Å². The average molecular weight is 556 g/mol. The minimum absolute atomic E-state index is 0.174. The highest BCUT2D eigenvalue weighted by molar-refractivity contribution is 6.32. The molecule has 6 nitrogen and oxygen atoms in total. The maximum absolute atomic E-state index is 14.8. The van der Waals surface area contributed by atoms with E-state index in [9.17, 15) is 14.4 Å². The van der Waals surface area contributed by atoms with Gasteiger partial charge in [0.1, 0.15) is 23.0 Å². The molecule has 2 aliphatic heterocycles. The maximum atomic E-state index is 14.8. The average Bonchev–Trinajstić information content (AvgIpc) is 3.46. The van der Waals surface area contributed by atoms with Crippen molar-refractivity contribution in [3.05, 3.63) is 130 Å². The minimum Gasteiger partial charge on any atom is -0.497 e. The molecule has 2 heterocycles. The monoisotopic (exact) mass is 555 g/mol. The Labute approximate surface area is 244 Å². The summed E-state index contributed by atoms with van der Waals surface area (Å²) in [6.45, 7) is 2.00. The van der Waals surface area contributed by atoms with Crippen LogP contribution >= 0.6 is 0 Å². The standard InChI is InChI=1S/C36H29NO5/c1-21-13-14-22-15-18-30-36(34(39)25-11-7-8-12-26(25)35(36)40)31(27-20-24(41-2)16-17-29(27)42-3)32(37(30)28(22)19-21)33(38)23-9-5-4-6-10-23/h4-20,30-32H,1-3H3. The zero-order chi connectivity index (χ0) is 29.2. The van der Waals surface area contributed by atoms with Gasteiger partial charge in [-0.3, -0.25) is 14.4 Å². The second-order valence-corrected chi connectivity index (χ2v) is 11.1. The van der Waals surface area contributed by atoms with Gasteiger partial charge in [0, 0.05) is 33.9 Å². The van der Waals surface area contributed by atoms with Crippen LogP contribution in [-0.4, -0.2) is 43.7 Å². The van der Waals surface area contributed by atoms with Crippen molar-refractivity contribution in [1.82, 2.24) is 0 Å². The summed E-state index contributed by atoms with van der Waals surface area (Å²) in [6.07, 6.45) is 3.90. The number of ether oxygens (including phenoxy) is 2. The summed E-state index contributed by atoms with van der Waals surface area (Å²) in [4.78, 5) is 46.5. The predicted molar refractivity (Wildman–Crippen MR) is 161 cm³/mol. The molecular weight excluding hydrogens is 526 g/mol. The first-order chi connectivity index (χ1) is 20.4. The minimum atomic E-state index is -1.61. The quantitative estimate of drug-likeness (QED) is 0.212. The predicted octanol–water partition coefficient (Wildman–Crippen LogP) is 6.33. The van der Waals surface area contributed by atoms with Crippen molar-refractivity contribution < 1.29 is 23.9 Å². The fraction of sp³-hybridized carbons (Fsp3) is 0.194. The lowest BCUT2D eigenvalue weighted by Gasteiger charge is -2.37. The van der Waals surface area contributed by atoms with E-state index in [2.05, 4.69) is 0 Å². The zero-order valence-electron chi connectivity index (χ0n) is 23.5. The summed E-state index contributed by atoms with van der Waals surface area (Å²) in [5, 5.41) is 0. The molecular formula is C36H29NO5. The Morgan fingerprint density at radius 1 is 0.810 bits per heavy atom. The first-order valence-electron chi connectivity index (χ1n) is 14.0. The van der Waals surface area contributed by atoms with E-state index in [1.807, 2.05) is 60.4 Å². The third-order valence-corrected chi connectivity index (χ3v) is 9.06. The SMILES string of the molecule is COc1ccc(OC)c(C2C(C(=O)c3ccccc3)N3c4cc(C)ccc4C=CC3C23C(=O)c2ccccc2C3=O)c1. The summed E-state index contributed by atoms with van der Waals surface area (Å²) in [5.41, 5.74) is 2.98. The van der Waals surface area contributed by atoms with Crippen molar-refractivity contribution in [2.24, 2.45) is 5.41 Å². The van der Waals surface area contributed by atoms with Crippen molar-refractivity contribution in [3.8, 4) is 11.5 Å². The molecule has 0 saturated carbocycles. The van der Waals surface area contributed by atoms with Crippen LogP contribution in [0.25, 0.3) is 6.08 Å². The van der Waals surface area contributed by atoms with Crippen LogP contribution in [0.5, 0.6) is 11.5 Å². The van der Waals surface area contributed by atoms with Gasteiger partial charge in [-0.15, -0.1) is 0 Å². The molecule has 0 radical (unpaired) electrons. The summed E-state index contributed by atoms with van der Waals surface area (Å²) < 4.78 is 11.5. The largest absolute Gasteiger partial charge is 0.497 e. The van der Waals surface area contributed by atoms with Crippen molar-refractivity contribution in [3.63, 3.8) is 0 Å². The second-order valence-electron chi connectivity index (χ2n) is 11.1. The summed E-state index contributed by atoms with van der Waals surface area (Å²) in [5.74, 6) is -0.598. The number of fused-ring (bicyclic) bond motifs is 5. The van der Waals surface area contributed by atoms with Crippen molar-refractivity contribution in [2.45, 2.75) is 24.9 Å². The number of Topliss-reactive ketones (excluding diaryl/α,β-unsaturated/α-hetero) is 3. The second kappa shape index (κ2) is 9.55. The number of carbonyl (C=O) groups excluding carboxylic acids is 3. The fourth-order valence-corrected chi connectivity index (χ4v) is 7.27. The molecule has 7 rings (SSSR count). The highest BCUT2D eigenvalue weighted by Crippen LogP contribution is 2.62. The molecule has 208 valence electrons. The smallest absolute Gasteiger partial charge is 0.185 e. The normalized spacial score (nSPS) is 21.2. The van der Waals surface area contributed by atoms with Gasteiger partial charge in [0.05, 0.1) is 20.3 Å². The van der Waals surface area contributed by atoms with Crippen LogP contribution < -0.4 is 14.4 Å². The lowest BCUT2D eigenvalue weighted by molar-refractivity contribution is 0.0664. The number of benzene rings is 4. The zero-order valence-corrected chi connectivity index (χ0v) is 23.5. The Morgan fingerprint density at radius 2 is 1.50 bits per heavy atom. The van der Waals surface area contributed by atoms with E-state index in [-0.39, 0.29) is 17.3 Å². The topological polar surface area (TPSA) is 72.9 Å². The highest BCUT2D eigenvalue weighted by Gasteiger charge is 2.72. The number of ketones is 3. The third kappa shape index (κ3) is 3.41. The molecule has 1 spiro atoms. The van der Waals surface area contributed by atoms with E-state index >= 15 is 0 Å². The van der Waals surface area contributed by atoms with Gasteiger partial charge in [-0.1, -0.05) is 78.9 Å². The number of rotatable bonds is 5. The van der Waals surface area contributed by atoms with Crippen LogP contribution in [-0.2, 0) is 0 Å². The van der Waals surface area contributed by atoms with Gasteiger partial charge < -0.3 is 14.4 Å². The van der Waals surface area contributed by atoms with Crippen molar-refractivity contribution >= 4 is 29.1 Å². The molecule has 0 amide bonds. The number of methoxy groups -OCH3 is 2. The third-order valence-electron chi connectivity index (χ3n) is 9.06. The van der Waals surface area contributed by atoms with Crippen LogP contribution in [0.1, 0.15) is 53.7 Å². The molecule has 1 saturated heterocycles. The lowest BCUT2D eigenvalue weighted by Crippen LogP contribution is -2.48. The number of aryl methyl sites for hydroxylation is 1. The van der Waals surface area contributed by atoms with E-state index in [1.165, 1.54) is 0 Å². The first-order valence-corrected chi connectivity index (χ1v) is 14.0. The van der Waals surface area contributed by atoms with Crippen LogP contribution in [0.15, 0.2) is 97.1 Å². The van der Waals surface area contributed by atoms with Crippen LogP contribution in [0.3, 0.4) is 0 Å². The number of carbonyl (C=O) groups is 3. The van der Waals surface area contributed by atoms with E-state index in [1.54, 1.807) is 68.8 Å². The van der Waals surface area contributed by atoms with Crippen LogP contribution in [0.4, 0.5) is 5.69 Å². The first kappa shape index (κ1) is 26.0. The van der Waals surface area contributed by atoms with Gasteiger partial charge in [0.25, 0.3) is 0 Å². The summed E-state index contributed by atoms with van der Waals surface area (Å²) >= 11 is 0. The lowest BCUT2D eigenvalue weighted by atomic mass is 9.64. The van der Waals surface area contributed by atoms with Gasteiger partial charge in [0.15, 0.2) is 17.3 Å². The van der Waals surface area contributed by atoms with Gasteiger partial charge in [-0.25, -0.2) is 0 Å². The van der Waals surface area contributed by atoms with Gasteiger partial charge >= 0.3 is 0 Å². The molecule has 1 aliphatic carbocycles. The molecule has 42 heavy (non-hydrogen) atoms. The molecule has 3 aliphatic rings. The summed E-state index contributed by atoms with van der Waals surface area (Å²) in [7, 11) is 3.12. The maximum Gasteiger partial charge on any atom is 0.185 e. The number of hydrogen-bond acceptors (Lipinski definition) is 6. The molecule has 1 fully saturated rings. The van der Waals surface area contributed by atoms with Crippen molar-refractivity contribution in [1.29, 1.82) is 0 Å². The molecule has 6 heteroatoms. The Hall–Kier alpha value is -4.97. The molecule has 3 atom stereocenters. The van der Waals surface area contributed by atoms with E-state index in [0.717, 1.165) is 16.8 Å². The molecule has 3 unspecified atom stereocenters. The Balaban J connectivity index is 1.59. The van der Waals surface area contributed by atoms with Crippen molar-refractivity contribution in [2.75, 3.05) is 19.1 Å². The fourth-order valence-electron chi connectivity index (χ4n) is 7.27. The molecule has 0 N–H and O–H groups in total. The number of nitrogens with zero attached hydrogens (tertiary/aromatic N) is 1. The van der Waals surface area contributed by atoms with Gasteiger partial charge in [-0.2, -0.15) is 0 Å². The molecule has 4 aromatic carbocycles. The Bertz CT molecular complexity index is 1770. The van der Waals surface area contributed by atoms with E-state index in [0.29, 0.717) is 33.8 Å². The van der Waals surface area contributed by atoms with E-state index < -0.39 is 23.4 Å². The number of hydrogen-bond donors (Lipinski definition) is 0. The molecule has 0 bridgehead atoms. The summed E-state index contributed by atoms with van der Waals surface area (Å²) in [6, 6.07) is 25.9. The Kier molecular flexibility index (Phi) is 5.91. The van der Waals surface area contributed by atoms with Crippen LogP contribution in [0.2, 0.25) is 0 Å². The van der Waals surface area contributed by atoms with Gasteiger partial charge in [-0.05, 0) is 42.3 Å². The Morgan fingerprint density at radius 3 is 2.17 bits per heavy atom. The highest BCUT2D eigenvalue weighted by atomic mass is 16.5.